The molecular formula is C11H12N4O3. The molecule has 2 aromatic rings. The summed E-state index contributed by atoms with van der Waals surface area (Å²) in [5.41, 5.74) is -0.125. The highest BCUT2D eigenvalue weighted by atomic mass is 16.4. The van der Waals surface area contributed by atoms with Crippen molar-refractivity contribution in [1.29, 1.82) is 0 Å². The zero-order chi connectivity index (χ0) is 13.0. The van der Waals surface area contributed by atoms with Crippen LogP contribution in [0.4, 0.5) is 5.82 Å². The van der Waals surface area contributed by atoms with E-state index in [1.807, 2.05) is 6.92 Å². The minimum absolute atomic E-state index is 0.125. The second-order valence-electron chi connectivity index (χ2n) is 3.49. The SMILES string of the molecule is CCc1cnc(CNc2nccnc2C(=O)O)o1. The number of nitrogens with zero attached hydrogens (tertiary/aromatic N) is 3. The number of anilines is 1. The zero-order valence-electron chi connectivity index (χ0n) is 9.75. The van der Waals surface area contributed by atoms with Gasteiger partial charge in [0.15, 0.2) is 11.5 Å². The van der Waals surface area contributed by atoms with E-state index >= 15 is 0 Å². The average Bonchev–Trinajstić information content (AvgIpc) is 2.84. The van der Waals surface area contributed by atoms with E-state index in [0.717, 1.165) is 12.2 Å². The first-order valence-corrected chi connectivity index (χ1v) is 5.42. The number of rotatable bonds is 5. The Kier molecular flexibility index (Phi) is 3.52. The smallest absolute Gasteiger partial charge is 0.358 e. The predicted octanol–water partition coefficient (Wildman–Crippen LogP) is 1.34. The van der Waals surface area contributed by atoms with E-state index in [2.05, 4.69) is 20.3 Å². The quantitative estimate of drug-likeness (QED) is 0.823. The van der Waals surface area contributed by atoms with Crippen LogP contribution in [0, 0.1) is 0 Å². The highest BCUT2D eigenvalue weighted by molar-refractivity contribution is 5.90. The first-order valence-electron chi connectivity index (χ1n) is 5.42. The number of oxazole rings is 1. The van der Waals surface area contributed by atoms with Crippen molar-refractivity contribution < 1.29 is 14.3 Å². The monoisotopic (exact) mass is 248 g/mol. The Hall–Kier alpha value is -2.44. The third-order valence-electron chi connectivity index (χ3n) is 2.26. The maximum absolute atomic E-state index is 10.9. The zero-order valence-corrected chi connectivity index (χ0v) is 9.75. The van der Waals surface area contributed by atoms with Crippen LogP contribution in [0.5, 0.6) is 0 Å². The van der Waals surface area contributed by atoms with Gasteiger partial charge in [0, 0.05) is 18.8 Å². The third kappa shape index (κ3) is 2.62. The molecule has 0 atom stereocenters. The van der Waals surface area contributed by atoms with Crippen LogP contribution in [0.3, 0.4) is 0 Å². The molecule has 0 saturated carbocycles. The Morgan fingerprint density at radius 3 is 2.83 bits per heavy atom. The fourth-order valence-corrected chi connectivity index (χ4v) is 1.38. The lowest BCUT2D eigenvalue weighted by Crippen LogP contribution is -2.10. The molecule has 0 saturated heterocycles. The number of aryl methyl sites for hydroxylation is 1. The van der Waals surface area contributed by atoms with Crippen molar-refractivity contribution in [3.63, 3.8) is 0 Å². The van der Waals surface area contributed by atoms with E-state index in [9.17, 15) is 4.79 Å². The van der Waals surface area contributed by atoms with Gasteiger partial charge in [0.1, 0.15) is 5.76 Å². The van der Waals surface area contributed by atoms with Crippen molar-refractivity contribution >= 4 is 11.8 Å². The number of carbonyl (C=O) groups is 1. The predicted molar refractivity (Wildman–Crippen MR) is 62.2 cm³/mol. The molecule has 0 amide bonds. The van der Waals surface area contributed by atoms with Crippen LogP contribution in [0.2, 0.25) is 0 Å². The highest BCUT2D eigenvalue weighted by Gasteiger charge is 2.12. The fourth-order valence-electron chi connectivity index (χ4n) is 1.38. The number of carboxylic acids is 1. The van der Waals surface area contributed by atoms with Crippen molar-refractivity contribution in [3.8, 4) is 0 Å². The van der Waals surface area contributed by atoms with Crippen molar-refractivity contribution in [2.75, 3.05) is 5.32 Å². The Morgan fingerprint density at radius 2 is 2.17 bits per heavy atom. The Labute approximate surface area is 103 Å². The summed E-state index contributed by atoms with van der Waals surface area (Å²) in [6, 6.07) is 0. The Bertz CT molecular complexity index is 553. The molecule has 0 aliphatic rings. The van der Waals surface area contributed by atoms with E-state index in [0.29, 0.717) is 5.89 Å². The van der Waals surface area contributed by atoms with Crippen LogP contribution in [-0.2, 0) is 13.0 Å². The second-order valence-corrected chi connectivity index (χ2v) is 3.49. The van der Waals surface area contributed by atoms with Gasteiger partial charge in [-0.25, -0.2) is 19.7 Å². The summed E-state index contributed by atoms with van der Waals surface area (Å²) in [5.74, 6) is 0.326. The van der Waals surface area contributed by atoms with Crippen molar-refractivity contribution in [2.45, 2.75) is 19.9 Å². The highest BCUT2D eigenvalue weighted by Crippen LogP contribution is 2.11. The minimum Gasteiger partial charge on any atom is -0.476 e. The van der Waals surface area contributed by atoms with Gasteiger partial charge in [0.2, 0.25) is 5.89 Å². The molecule has 0 bridgehead atoms. The van der Waals surface area contributed by atoms with Crippen LogP contribution in [0.25, 0.3) is 0 Å². The second kappa shape index (κ2) is 5.26. The van der Waals surface area contributed by atoms with Gasteiger partial charge < -0.3 is 14.8 Å². The van der Waals surface area contributed by atoms with E-state index in [1.54, 1.807) is 6.20 Å². The number of hydrogen-bond donors (Lipinski definition) is 2. The van der Waals surface area contributed by atoms with Crippen LogP contribution in [0.1, 0.15) is 29.1 Å². The normalized spacial score (nSPS) is 10.3. The lowest BCUT2D eigenvalue weighted by atomic mass is 10.4. The first kappa shape index (κ1) is 12.0. The lowest BCUT2D eigenvalue weighted by Gasteiger charge is -2.04. The summed E-state index contributed by atoms with van der Waals surface area (Å²) < 4.78 is 5.39. The molecule has 2 aromatic heterocycles. The van der Waals surface area contributed by atoms with E-state index in [4.69, 9.17) is 9.52 Å². The molecule has 2 heterocycles. The van der Waals surface area contributed by atoms with E-state index in [1.165, 1.54) is 12.4 Å². The molecule has 7 heteroatoms. The number of hydrogen-bond acceptors (Lipinski definition) is 6. The van der Waals surface area contributed by atoms with Crippen molar-refractivity contribution in [1.82, 2.24) is 15.0 Å². The fraction of sp³-hybridized carbons (Fsp3) is 0.273. The Morgan fingerprint density at radius 1 is 1.39 bits per heavy atom. The third-order valence-corrected chi connectivity index (χ3v) is 2.26. The molecule has 0 aromatic carbocycles. The molecule has 0 aliphatic carbocycles. The maximum atomic E-state index is 10.9. The van der Waals surface area contributed by atoms with Crippen LogP contribution in [0.15, 0.2) is 23.0 Å². The molecule has 7 nitrogen and oxygen atoms in total. The first-order chi connectivity index (χ1) is 8.70. The molecule has 2 N–H and O–H groups in total. The molecule has 0 unspecified atom stereocenters. The number of aromatic carboxylic acids is 1. The Balaban J connectivity index is 2.08. The molecule has 0 radical (unpaired) electrons. The van der Waals surface area contributed by atoms with Gasteiger partial charge >= 0.3 is 5.97 Å². The van der Waals surface area contributed by atoms with Gasteiger partial charge in [-0.1, -0.05) is 6.92 Å². The number of nitrogens with one attached hydrogen (secondary N) is 1. The van der Waals surface area contributed by atoms with Crippen LogP contribution in [-0.4, -0.2) is 26.0 Å². The molecule has 18 heavy (non-hydrogen) atoms. The van der Waals surface area contributed by atoms with Crippen molar-refractivity contribution in [2.24, 2.45) is 0 Å². The summed E-state index contributed by atoms with van der Waals surface area (Å²) >= 11 is 0. The van der Waals surface area contributed by atoms with E-state index in [-0.39, 0.29) is 18.1 Å². The van der Waals surface area contributed by atoms with Crippen molar-refractivity contribution in [3.05, 3.63) is 35.9 Å². The summed E-state index contributed by atoms with van der Waals surface area (Å²) in [5, 5.41) is 11.8. The van der Waals surface area contributed by atoms with E-state index < -0.39 is 5.97 Å². The van der Waals surface area contributed by atoms with Gasteiger partial charge in [-0.2, -0.15) is 0 Å². The van der Waals surface area contributed by atoms with Gasteiger partial charge in [-0.15, -0.1) is 0 Å². The van der Waals surface area contributed by atoms with Crippen LogP contribution < -0.4 is 5.32 Å². The number of carboxylic acid groups (broad SMARTS) is 1. The van der Waals surface area contributed by atoms with Gasteiger partial charge in [0.05, 0.1) is 12.7 Å². The molecule has 0 aliphatic heterocycles. The molecule has 0 spiro atoms. The summed E-state index contributed by atoms with van der Waals surface area (Å²) in [4.78, 5) is 22.6. The van der Waals surface area contributed by atoms with Gasteiger partial charge in [0.25, 0.3) is 0 Å². The van der Waals surface area contributed by atoms with Gasteiger partial charge in [-0.05, 0) is 0 Å². The summed E-state index contributed by atoms with van der Waals surface area (Å²) in [7, 11) is 0. The molecular weight excluding hydrogens is 236 g/mol. The standard InChI is InChI=1S/C11H12N4O3/c1-2-7-5-14-8(18-7)6-15-10-9(11(16)17)12-3-4-13-10/h3-5H,2,6H2,1H3,(H,13,15)(H,16,17). The minimum atomic E-state index is -1.13. The topological polar surface area (TPSA) is 101 Å². The summed E-state index contributed by atoms with van der Waals surface area (Å²) in [6.07, 6.45) is 5.15. The molecule has 2 rings (SSSR count). The lowest BCUT2D eigenvalue weighted by molar-refractivity contribution is 0.0691. The largest absolute Gasteiger partial charge is 0.476 e. The average molecular weight is 248 g/mol. The molecule has 94 valence electrons. The number of aromatic nitrogens is 3. The summed E-state index contributed by atoms with van der Waals surface area (Å²) in [6.45, 7) is 2.22. The maximum Gasteiger partial charge on any atom is 0.358 e. The van der Waals surface area contributed by atoms with Gasteiger partial charge in [-0.3, -0.25) is 0 Å². The molecule has 0 fully saturated rings. The van der Waals surface area contributed by atoms with Crippen LogP contribution >= 0.6 is 0 Å².